The molecule has 2 atom stereocenters. The van der Waals surface area contributed by atoms with E-state index in [1.165, 1.54) is 32.1 Å². The van der Waals surface area contributed by atoms with Crippen LogP contribution in [0.25, 0.3) is 0 Å². The molecule has 0 aromatic rings. The minimum Gasteiger partial charge on any atom is -0.312 e. The second-order valence-electron chi connectivity index (χ2n) is 4.34. The molecular formula is C11H23N. The Morgan fingerprint density at radius 3 is 2.50 bits per heavy atom. The molecule has 1 nitrogen and oxygen atoms in total. The second kappa shape index (κ2) is 4.86. The van der Waals surface area contributed by atoms with Crippen LogP contribution >= 0.6 is 0 Å². The first-order chi connectivity index (χ1) is 5.74. The topological polar surface area (TPSA) is 12.0 Å². The molecule has 0 bridgehead atoms. The lowest BCUT2D eigenvalue weighted by atomic mass is 10.1. The molecule has 1 aliphatic rings. The molecule has 1 saturated carbocycles. The van der Waals surface area contributed by atoms with Crippen LogP contribution in [-0.4, -0.2) is 12.1 Å². The molecule has 0 heterocycles. The van der Waals surface area contributed by atoms with Crippen molar-refractivity contribution in [2.75, 3.05) is 0 Å². The summed E-state index contributed by atoms with van der Waals surface area (Å²) in [5.74, 6) is 0.995. The van der Waals surface area contributed by atoms with E-state index in [-0.39, 0.29) is 0 Å². The van der Waals surface area contributed by atoms with E-state index in [1.54, 1.807) is 0 Å². The predicted molar refractivity (Wildman–Crippen MR) is 54.3 cm³/mol. The molecule has 0 radical (unpaired) electrons. The molecule has 0 saturated heterocycles. The summed E-state index contributed by atoms with van der Waals surface area (Å²) in [6.45, 7) is 6.91. The predicted octanol–water partition coefficient (Wildman–Crippen LogP) is 2.95. The highest BCUT2D eigenvalue weighted by molar-refractivity contribution is 4.84. The average molecular weight is 169 g/mol. The normalized spacial score (nSPS) is 22.2. The Morgan fingerprint density at radius 2 is 2.00 bits per heavy atom. The summed E-state index contributed by atoms with van der Waals surface area (Å²) in [6, 6.07) is 1.48. The van der Waals surface area contributed by atoms with Crippen molar-refractivity contribution in [1.82, 2.24) is 5.32 Å². The standard InChI is InChI=1S/C11H23N/c1-4-5-6-9(2)12-10(3)11-7-8-11/h9-12H,4-8H2,1-3H3. The van der Waals surface area contributed by atoms with Gasteiger partial charge in [-0.25, -0.2) is 0 Å². The molecule has 1 aliphatic carbocycles. The van der Waals surface area contributed by atoms with Gasteiger partial charge in [-0.15, -0.1) is 0 Å². The first-order valence-corrected chi connectivity index (χ1v) is 5.50. The maximum Gasteiger partial charge on any atom is 0.00694 e. The van der Waals surface area contributed by atoms with Gasteiger partial charge in [-0.1, -0.05) is 19.8 Å². The zero-order valence-corrected chi connectivity index (χ0v) is 8.77. The molecule has 0 amide bonds. The molecule has 1 fully saturated rings. The fourth-order valence-corrected chi connectivity index (χ4v) is 1.77. The van der Waals surface area contributed by atoms with Gasteiger partial charge >= 0.3 is 0 Å². The van der Waals surface area contributed by atoms with Crippen LogP contribution in [0.2, 0.25) is 0 Å². The molecular weight excluding hydrogens is 146 g/mol. The minimum atomic E-state index is 0.723. The Hall–Kier alpha value is -0.0400. The Bertz CT molecular complexity index is 118. The third kappa shape index (κ3) is 3.57. The van der Waals surface area contributed by atoms with Gasteiger partial charge in [0.2, 0.25) is 0 Å². The largest absolute Gasteiger partial charge is 0.312 e. The van der Waals surface area contributed by atoms with Crippen molar-refractivity contribution in [2.24, 2.45) is 5.92 Å². The molecule has 12 heavy (non-hydrogen) atoms. The molecule has 0 aliphatic heterocycles. The summed E-state index contributed by atoms with van der Waals surface area (Å²) < 4.78 is 0. The van der Waals surface area contributed by atoms with Gasteiger partial charge in [-0.05, 0) is 39.0 Å². The van der Waals surface area contributed by atoms with Crippen molar-refractivity contribution in [2.45, 2.75) is 65.0 Å². The molecule has 0 aromatic heterocycles. The zero-order valence-electron chi connectivity index (χ0n) is 8.77. The zero-order chi connectivity index (χ0) is 8.97. The summed E-state index contributed by atoms with van der Waals surface area (Å²) in [5.41, 5.74) is 0. The summed E-state index contributed by atoms with van der Waals surface area (Å²) in [5, 5.41) is 3.68. The lowest BCUT2D eigenvalue weighted by Gasteiger charge is -2.19. The number of hydrogen-bond acceptors (Lipinski definition) is 1. The first kappa shape index (κ1) is 10.0. The van der Waals surface area contributed by atoms with Crippen LogP contribution in [0.5, 0.6) is 0 Å². The molecule has 72 valence electrons. The van der Waals surface area contributed by atoms with Gasteiger partial charge in [0.05, 0.1) is 0 Å². The summed E-state index contributed by atoms with van der Waals surface area (Å²) in [4.78, 5) is 0. The SMILES string of the molecule is CCCCC(C)NC(C)C1CC1. The number of nitrogens with one attached hydrogen (secondary N) is 1. The van der Waals surface area contributed by atoms with Crippen molar-refractivity contribution in [1.29, 1.82) is 0 Å². The first-order valence-electron chi connectivity index (χ1n) is 5.50. The highest BCUT2D eigenvalue weighted by Gasteiger charge is 2.28. The lowest BCUT2D eigenvalue weighted by molar-refractivity contribution is 0.408. The molecule has 0 spiro atoms. The van der Waals surface area contributed by atoms with Gasteiger partial charge in [0, 0.05) is 12.1 Å². The van der Waals surface area contributed by atoms with Gasteiger partial charge in [-0.2, -0.15) is 0 Å². The minimum absolute atomic E-state index is 0.723. The fraction of sp³-hybridized carbons (Fsp3) is 1.00. The van der Waals surface area contributed by atoms with Gasteiger partial charge in [0.25, 0.3) is 0 Å². The summed E-state index contributed by atoms with van der Waals surface area (Å²) in [7, 11) is 0. The van der Waals surface area contributed by atoms with Crippen molar-refractivity contribution in [3.63, 3.8) is 0 Å². The van der Waals surface area contributed by atoms with Gasteiger partial charge in [-0.3, -0.25) is 0 Å². The summed E-state index contributed by atoms with van der Waals surface area (Å²) >= 11 is 0. The third-order valence-electron chi connectivity index (χ3n) is 2.87. The summed E-state index contributed by atoms with van der Waals surface area (Å²) in [6.07, 6.45) is 6.94. The van der Waals surface area contributed by atoms with Crippen molar-refractivity contribution >= 4 is 0 Å². The van der Waals surface area contributed by atoms with E-state index in [2.05, 4.69) is 26.1 Å². The van der Waals surface area contributed by atoms with Crippen molar-refractivity contribution in [3.05, 3.63) is 0 Å². The Balaban J connectivity index is 2.03. The van der Waals surface area contributed by atoms with Crippen LogP contribution in [0.4, 0.5) is 0 Å². The van der Waals surface area contributed by atoms with Crippen LogP contribution in [0, 0.1) is 5.92 Å². The van der Waals surface area contributed by atoms with Gasteiger partial charge < -0.3 is 5.32 Å². The molecule has 1 heteroatoms. The van der Waals surface area contributed by atoms with Crippen molar-refractivity contribution < 1.29 is 0 Å². The van der Waals surface area contributed by atoms with Crippen LogP contribution in [-0.2, 0) is 0 Å². The average Bonchev–Trinajstić information content (AvgIpc) is 2.82. The maximum atomic E-state index is 3.68. The Morgan fingerprint density at radius 1 is 1.33 bits per heavy atom. The van der Waals surface area contributed by atoms with Crippen LogP contribution in [0.3, 0.4) is 0 Å². The van der Waals surface area contributed by atoms with Gasteiger partial charge in [0.15, 0.2) is 0 Å². The molecule has 1 N–H and O–H groups in total. The Kier molecular flexibility index (Phi) is 4.07. The van der Waals surface area contributed by atoms with E-state index in [1.807, 2.05) is 0 Å². The van der Waals surface area contributed by atoms with E-state index in [0.717, 1.165) is 18.0 Å². The van der Waals surface area contributed by atoms with Crippen LogP contribution < -0.4 is 5.32 Å². The molecule has 2 unspecified atom stereocenters. The lowest BCUT2D eigenvalue weighted by Crippen LogP contribution is -2.35. The highest BCUT2D eigenvalue weighted by atomic mass is 14.9. The molecule has 1 rings (SSSR count). The fourth-order valence-electron chi connectivity index (χ4n) is 1.77. The van der Waals surface area contributed by atoms with E-state index in [0.29, 0.717) is 0 Å². The second-order valence-corrected chi connectivity index (χ2v) is 4.34. The monoisotopic (exact) mass is 169 g/mol. The van der Waals surface area contributed by atoms with Crippen molar-refractivity contribution in [3.8, 4) is 0 Å². The Labute approximate surface area is 76.9 Å². The quantitative estimate of drug-likeness (QED) is 0.644. The highest BCUT2D eigenvalue weighted by Crippen LogP contribution is 2.32. The maximum absolute atomic E-state index is 3.68. The van der Waals surface area contributed by atoms with E-state index < -0.39 is 0 Å². The van der Waals surface area contributed by atoms with Crippen LogP contribution in [0.15, 0.2) is 0 Å². The van der Waals surface area contributed by atoms with Gasteiger partial charge in [0.1, 0.15) is 0 Å². The number of hydrogen-bond donors (Lipinski definition) is 1. The third-order valence-corrected chi connectivity index (χ3v) is 2.87. The van der Waals surface area contributed by atoms with Crippen LogP contribution in [0.1, 0.15) is 52.9 Å². The number of rotatable bonds is 6. The smallest absolute Gasteiger partial charge is 0.00694 e. The van der Waals surface area contributed by atoms with E-state index >= 15 is 0 Å². The number of unbranched alkanes of at least 4 members (excludes halogenated alkanes) is 1. The molecule has 0 aromatic carbocycles. The van der Waals surface area contributed by atoms with E-state index in [4.69, 9.17) is 0 Å². The van der Waals surface area contributed by atoms with E-state index in [9.17, 15) is 0 Å².